The summed E-state index contributed by atoms with van der Waals surface area (Å²) in [5, 5.41) is 3.28. The first kappa shape index (κ1) is 30.7. The van der Waals surface area contributed by atoms with Crippen molar-refractivity contribution in [1.29, 1.82) is 0 Å². The van der Waals surface area contributed by atoms with Gasteiger partial charge in [-0.05, 0) is 74.4 Å². The van der Waals surface area contributed by atoms with Crippen molar-refractivity contribution in [3.8, 4) is 0 Å². The fraction of sp³-hybridized carbons (Fsp3) is 0.310. The summed E-state index contributed by atoms with van der Waals surface area (Å²) in [5.41, 5.74) is 2.09. The molecule has 0 saturated carbocycles. The Bertz CT molecular complexity index is 1380. The predicted molar refractivity (Wildman–Crippen MR) is 159 cm³/mol. The third-order valence-electron chi connectivity index (χ3n) is 6.24. The van der Waals surface area contributed by atoms with Gasteiger partial charge in [-0.15, -0.1) is 0 Å². The molecule has 0 aliphatic carbocycles. The highest BCUT2D eigenvalue weighted by Gasteiger charge is 2.32. The molecule has 0 bridgehead atoms. The second-order valence-electron chi connectivity index (χ2n) is 9.27. The fourth-order valence-corrected chi connectivity index (χ4v) is 5.91. The van der Waals surface area contributed by atoms with Crippen LogP contribution in [-0.4, -0.2) is 44.3 Å². The van der Waals surface area contributed by atoms with Crippen molar-refractivity contribution in [1.82, 2.24) is 10.2 Å². The molecule has 1 N–H and O–H groups in total. The largest absolute Gasteiger partial charge is 0.354 e. The van der Waals surface area contributed by atoms with Gasteiger partial charge in [0.2, 0.25) is 11.8 Å². The Morgan fingerprint density at radius 2 is 1.69 bits per heavy atom. The molecule has 3 aromatic carbocycles. The van der Waals surface area contributed by atoms with Gasteiger partial charge >= 0.3 is 0 Å². The lowest BCUT2D eigenvalue weighted by atomic mass is 10.1. The highest BCUT2D eigenvalue weighted by Crippen LogP contribution is 2.26. The van der Waals surface area contributed by atoms with E-state index < -0.39 is 28.5 Å². The van der Waals surface area contributed by atoms with Gasteiger partial charge in [-0.3, -0.25) is 13.9 Å². The first-order chi connectivity index (χ1) is 18.5. The van der Waals surface area contributed by atoms with E-state index in [4.69, 9.17) is 11.6 Å². The Kier molecular flexibility index (Phi) is 11.0. The first-order valence-electron chi connectivity index (χ1n) is 12.7. The van der Waals surface area contributed by atoms with Crippen LogP contribution in [0.1, 0.15) is 37.8 Å². The second-order valence-corrected chi connectivity index (χ2v) is 12.5. The van der Waals surface area contributed by atoms with Gasteiger partial charge < -0.3 is 10.2 Å². The summed E-state index contributed by atoms with van der Waals surface area (Å²) in [7, 11) is -4.14. The van der Waals surface area contributed by atoms with E-state index in [2.05, 4.69) is 21.2 Å². The van der Waals surface area contributed by atoms with Gasteiger partial charge in [0.05, 0.1) is 10.6 Å². The van der Waals surface area contributed by atoms with Crippen LogP contribution in [0.15, 0.2) is 82.2 Å². The molecule has 0 aliphatic rings. The number of sulfonamides is 1. The number of nitrogens with one attached hydrogen (secondary N) is 1. The van der Waals surface area contributed by atoms with Crippen LogP contribution in [0.5, 0.6) is 0 Å². The zero-order valence-corrected chi connectivity index (χ0v) is 25.4. The van der Waals surface area contributed by atoms with Crippen molar-refractivity contribution < 1.29 is 18.0 Å². The quantitative estimate of drug-likeness (QED) is 0.250. The lowest BCUT2D eigenvalue weighted by molar-refractivity contribution is -0.139. The zero-order chi connectivity index (χ0) is 28.6. The van der Waals surface area contributed by atoms with E-state index in [1.54, 1.807) is 31.2 Å². The summed E-state index contributed by atoms with van der Waals surface area (Å²) >= 11 is 9.44. The molecule has 0 aliphatic heterocycles. The number of aryl methyl sites for hydroxylation is 1. The molecule has 0 spiro atoms. The Balaban J connectivity index is 1.99. The number of anilines is 1. The third-order valence-corrected chi connectivity index (χ3v) is 8.77. The van der Waals surface area contributed by atoms with Crippen LogP contribution in [0, 0.1) is 6.92 Å². The monoisotopic (exact) mass is 633 g/mol. The van der Waals surface area contributed by atoms with E-state index >= 15 is 0 Å². The second kappa shape index (κ2) is 14.0. The van der Waals surface area contributed by atoms with E-state index in [-0.39, 0.29) is 17.3 Å². The first-order valence-corrected chi connectivity index (χ1v) is 15.3. The standard InChI is InChI=1S/C29H33BrClN3O4S/c1-4-5-17-32-29(36)22(3)33(19-23-7-6-8-24(30)18-23)28(35)20-34(26-13-9-21(2)10-14-26)39(37,38)27-15-11-25(31)12-16-27/h6-16,18,22H,4-5,17,19-20H2,1-3H3,(H,32,36)/t22-/m0/s1. The third kappa shape index (κ3) is 8.30. The van der Waals surface area contributed by atoms with Crippen LogP contribution in [0.3, 0.4) is 0 Å². The Hall–Kier alpha value is -2.88. The van der Waals surface area contributed by atoms with E-state index in [0.717, 1.165) is 32.7 Å². The minimum Gasteiger partial charge on any atom is -0.354 e. The molecule has 0 radical (unpaired) electrons. The average Bonchev–Trinajstić information content (AvgIpc) is 2.90. The molecule has 208 valence electrons. The van der Waals surface area contributed by atoms with E-state index in [1.807, 2.05) is 38.1 Å². The average molecular weight is 635 g/mol. The molecule has 0 fully saturated rings. The van der Waals surface area contributed by atoms with E-state index in [9.17, 15) is 18.0 Å². The maximum atomic E-state index is 13.9. The minimum atomic E-state index is -4.14. The zero-order valence-electron chi connectivity index (χ0n) is 22.2. The lowest BCUT2D eigenvalue weighted by Gasteiger charge is -2.32. The minimum absolute atomic E-state index is 0.00386. The van der Waals surface area contributed by atoms with Crippen molar-refractivity contribution >= 4 is 55.1 Å². The van der Waals surface area contributed by atoms with Crippen molar-refractivity contribution in [2.75, 3.05) is 17.4 Å². The van der Waals surface area contributed by atoms with Crippen LogP contribution in [0.4, 0.5) is 5.69 Å². The number of halogens is 2. The van der Waals surface area contributed by atoms with Gasteiger partial charge in [0.25, 0.3) is 10.0 Å². The smallest absolute Gasteiger partial charge is 0.264 e. The number of carbonyl (C=O) groups is 2. The summed E-state index contributed by atoms with van der Waals surface area (Å²) in [5.74, 6) is -0.805. The Morgan fingerprint density at radius 1 is 1.03 bits per heavy atom. The number of amides is 2. The summed E-state index contributed by atoms with van der Waals surface area (Å²) < 4.78 is 29.5. The Labute approximate surface area is 244 Å². The van der Waals surface area contributed by atoms with Gasteiger partial charge in [0, 0.05) is 22.6 Å². The van der Waals surface area contributed by atoms with E-state index in [1.165, 1.54) is 29.2 Å². The lowest BCUT2D eigenvalue weighted by Crippen LogP contribution is -2.51. The number of hydrogen-bond donors (Lipinski definition) is 1. The molecule has 3 rings (SSSR count). The highest BCUT2D eigenvalue weighted by molar-refractivity contribution is 9.10. The van der Waals surface area contributed by atoms with Gasteiger partial charge in [-0.1, -0.05) is 70.7 Å². The molecule has 10 heteroatoms. The molecule has 39 heavy (non-hydrogen) atoms. The summed E-state index contributed by atoms with van der Waals surface area (Å²) in [6.07, 6.45) is 1.74. The number of benzene rings is 3. The molecule has 0 unspecified atom stereocenters. The Morgan fingerprint density at radius 3 is 2.31 bits per heavy atom. The summed E-state index contributed by atoms with van der Waals surface area (Å²) in [4.78, 5) is 28.3. The molecule has 0 aromatic heterocycles. The van der Waals surface area contributed by atoms with Gasteiger partial charge in [0.1, 0.15) is 12.6 Å². The summed E-state index contributed by atoms with van der Waals surface area (Å²) in [6.45, 7) is 5.71. The van der Waals surface area contributed by atoms with E-state index in [0.29, 0.717) is 17.3 Å². The number of nitrogens with zero attached hydrogens (tertiary/aromatic N) is 2. The van der Waals surface area contributed by atoms with Crippen LogP contribution in [0.25, 0.3) is 0 Å². The maximum Gasteiger partial charge on any atom is 0.264 e. The number of unbranched alkanes of at least 4 members (excludes halogenated alkanes) is 1. The van der Waals surface area contributed by atoms with Gasteiger partial charge in [0.15, 0.2) is 0 Å². The van der Waals surface area contributed by atoms with Crippen molar-refractivity contribution in [3.05, 3.63) is 93.4 Å². The number of rotatable bonds is 12. The van der Waals surface area contributed by atoms with Crippen LogP contribution >= 0.6 is 27.5 Å². The molecule has 2 amide bonds. The van der Waals surface area contributed by atoms with Crippen LogP contribution in [0.2, 0.25) is 5.02 Å². The number of hydrogen-bond acceptors (Lipinski definition) is 4. The van der Waals surface area contributed by atoms with Crippen molar-refractivity contribution in [3.63, 3.8) is 0 Å². The molecular weight excluding hydrogens is 602 g/mol. The SMILES string of the molecule is CCCCNC(=O)[C@H](C)N(Cc1cccc(Br)c1)C(=O)CN(c1ccc(C)cc1)S(=O)(=O)c1ccc(Cl)cc1. The summed E-state index contributed by atoms with van der Waals surface area (Å²) in [6, 6.07) is 19.3. The number of carbonyl (C=O) groups excluding carboxylic acids is 2. The van der Waals surface area contributed by atoms with Crippen molar-refractivity contribution in [2.24, 2.45) is 0 Å². The maximum absolute atomic E-state index is 13.9. The molecular formula is C29H33BrClN3O4S. The topological polar surface area (TPSA) is 86.8 Å². The molecule has 1 atom stereocenters. The fourth-order valence-electron chi connectivity index (χ4n) is 3.92. The van der Waals surface area contributed by atoms with Crippen LogP contribution in [-0.2, 0) is 26.2 Å². The van der Waals surface area contributed by atoms with Crippen LogP contribution < -0.4 is 9.62 Å². The molecule has 3 aromatic rings. The predicted octanol–water partition coefficient (Wildman–Crippen LogP) is 5.94. The van der Waals surface area contributed by atoms with Crippen molar-refractivity contribution in [2.45, 2.75) is 51.1 Å². The molecule has 7 nitrogen and oxygen atoms in total. The van der Waals surface area contributed by atoms with Gasteiger partial charge in [-0.2, -0.15) is 0 Å². The highest BCUT2D eigenvalue weighted by atomic mass is 79.9. The molecule has 0 heterocycles. The normalized spacial score (nSPS) is 12.0. The van der Waals surface area contributed by atoms with Gasteiger partial charge in [-0.25, -0.2) is 8.42 Å². The molecule has 0 saturated heterocycles.